The summed E-state index contributed by atoms with van der Waals surface area (Å²) in [6.07, 6.45) is 0.864. The van der Waals surface area contributed by atoms with Crippen molar-refractivity contribution in [3.63, 3.8) is 0 Å². The molecule has 5 rings (SSSR count). The van der Waals surface area contributed by atoms with Crippen molar-refractivity contribution in [1.82, 2.24) is 5.32 Å². The van der Waals surface area contributed by atoms with Gasteiger partial charge in [-0.05, 0) is 58.7 Å². The minimum Gasteiger partial charge on any atom is -0.481 e. The van der Waals surface area contributed by atoms with Gasteiger partial charge in [-0.25, -0.2) is 4.79 Å². The Kier molecular flexibility index (Phi) is 6.23. The second-order valence-corrected chi connectivity index (χ2v) is 9.01. The smallest absolute Gasteiger partial charge is 0.407 e. The van der Waals surface area contributed by atoms with Gasteiger partial charge in [0.1, 0.15) is 12.6 Å². The molecule has 3 aromatic rings. The third kappa shape index (κ3) is 5.04. The van der Waals surface area contributed by atoms with Gasteiger partial charge >= 0.3 is 12.1 Å². The maximum Gasteiger partial charge on any atom is 0.407 e. The molecule has 35 heavy (non-hydrogen) atoms. The summed E-state index contributed by atoms with van der Waals surface area (Å²) >= 11 is 0. The quantitative estimate of drug-likeness (QED) is 0.435. The Morgan fingerprint density at radius 1 is 0.914 bits per heavy atom. The molecule has 0 radical (unpaired) electrons. The molecule has 2 aliphatic carbocycles. The van der Waals surface area contributed by atoms with E-state index in [4.69, 9.17) is 4.74 Å². The summed E-state index contributed by atoms with van der Waals surface area (Å²) in [6, 6.07) is 22.2. The van der Waals surface area contributed by atoms with Crippen LogP contribution in [0.4, 0.5) is 10.5 Å². The van der Waals surface area contributed by atoms with Crippen LogP contribution in [0.15, 0.2) is 72.8 Å². The van der Waals surface area contributed by atoms with Gasteiger partial charge in [0.2, 0.25) is 5.91 Å². The lowest BCUT2D eigenvalue weighted by atomic mass is 9.98. The number of aliphatic carboxylic acids is 1. The van der Waals surface area contributed by atoms with E-state index in [-0.39, 0.29) is 12.5 Å². The lowest BCUT2D eigenvalue weighted by Gasteiger charge is -2.19. The lowest BCUT2D eigenvalue weighted by Crippen LogP contribution is -2.45. The van der Waals surface area contributed by atoms with Crippen LogP contribution >= 0.6 is 0 Å². The number of carboxylic acid groups (broad SMARTS) is 1. The fraction of sp³-hybridized carbons (Fsp3) is 0.250. The number of hydrogen-bond donors (Lipinski definition) is 3. The highest BCUT2D eigenvalue weighted by Gasteiger charge is 2.30. The van der Waals surface area contributed by atoms with Crippen LogP contribution in [-0.4, -0.2) is 35.7 Å². The van der Waals surface area contributed by atoms with Crippen LogP contribution in [0.25, 0.3) is 11.1 Å². The van der Waals surface area contributed by atoms with Crippen molar-refractivity contribution >= 4 is 23.7 Å². The summed E-state index contributed by atoms with van der Waals surface area (Å²) in [4.78, 5) is 36.8. The van der Waals surface area contributed by atoms with E-state index in [1.54, 1.807) is 6.07 Å². The van der Waals surface area contributed by atoms with Crippen LogP contribution in [0.1, 0.15) is 47.8 Å². The van der Waals surface area contributed by atoms with Crippen LogP contribution in [-0.2, 0) is 14.3 Å². The standard InChI is InChI=1S/C28H26N2O5/c31-26(32)15-25(27(33)29-19-7-5-6-18(14-19)17-12-13-17)30-28(34)35-16-24-22-10-3-1-8-20(22)21-9-2-4-11-23(21)24/h1-11,14,17,24-25H,12-13,15-16H2,(H,29,33)(H,30,34)(H,31,32). The SMILES string of the molecule is O=C(O)CC(NC(=O)OCC1c2ccccc2-c2ccccc21)C(=O)Nc1cccc(C2CC2)c1. The first kappa shape index (κ1) is 22.7. The van der Waals surface area contributed by atoms with Crippen LogP contribution in [0, 0.1) is 0 Å². The number of carboxylic acids is 1. The maximum absolute atomic E-state index is 12.8. The third-order valence-electron chi connectivity index (χ3n) is 6.53. The Morgan fingerprint density at radius 3 is 2.20 bits per heavy atom. The predicted octanol–water partition coefficient (Wildman–Crippen LogP) is 4.88. The number of fused-ring (bicyclic) bond motifs is 3. The van der Waals surface area contributed by atoms with Gasteiger partial charge in [0.05, 0.1) is 6.42 Å². The Morgan fingerprint density at radius 2 is 1.57 bits per heavy atom. The van der Waals surface area contributed by atoms with Gasteiger partial charge in [0.15, 0.2) is 0 Å². The van der Waals surface area contributed by atoms with Crippen molar-refractivity contribution in [2.45, 2.75) is 37.1 Å². The Labute approximate surface area is 203 Å². The number of carbonyl (C=O) groups is 3. The van der Waals surface area contributed by atoms with Crippen molar-refractivity contribution < 1.29 is 24.2 Å². The van der Waals surface area contributed by atoms with Gasteiger partial charge in [-0.15, -0.1) is 0 Å². The lowest BCUT2D eigenvalue weighted by molar-refractivity contribution is -0.139. The van der Waals surface area contributed by atoms with Crippen molar-refractivity contribution in [2.75, 3.05) is 11.9 Å². The number of nitrogens with one attached hydrogen (secondary N) is 2. The number of benzene rings is 3. The monoisotopic (exact) mass is 470 g/mol. The molecule has 0 aromatic heterocycles. The van der Waals surface area contributed by atoms with E-state index in [2.05, 4.69) is 10.6 Å². The van der Waals surface area contributed by atoms with E-state index in [0.29, 0.717) is 11.6 Å². The maximum atomic E-state index is 12.8. The first-order valence-electron chi connectivity index (χ1n) is 11.7. The van der Waals surface area contributed by atoms with Gasteiger partial charge in [-0.1, -0.05) is 60.7 Å². The molecule has 1 fully saturated rings. The predicted molar refractivity (Wildman–Crippen MR) is 131 cm³/mol. The van der Waals surface area contributed by atoms with E-state index in [0.717, 1.165) is 40.7 Å². The summed E-state index contributed by atoms with van der Waals surface area (Å²) in [6.45, 7) is 0.0741. The molecule has 1 unspecified atom stereocenters. The average Bonchev–Trinajstić information content (AvgIpc) is 3.65. The molecular weight excluding hydrogens is 444 g/mol. The van der Waals surface area contributed by atoms with Crippen LogP contribution < -0.4 is 10.6 Å². The molecule has 3 aromatic carbocycles. The topological polar surface area (TPSA) is 105 Å². The minimum absolute atomic E-state index is 0.0741. The largest absolute Gasteiger partial charge is 0.481 e. The number of rotatable bonds is 8. The molecule has 7 heteroatoms. The molecule has 1 atom stereocenters. The first-order valence-corrected chi connectivity index (χ1v) is 11.7. The fourth-order valence-corrected chi connectivity index (χ4v) is 4.68. The zero-order chi connectivity index (χ0) is 24.4. The van der Waals surface area contributed by atoms with E-state index >= 15 is 0 Å². The molecule has 7 nitrogen and oxygen atoms in total. The summed E-state index contributed by atoms with van der Waals surface area (Å²) in [7, 11) is 0. The van der Waals surface area contributed by atoms with E-state index in [1.807, 2.05) is 66.7 Å². The summed E-state index contributed by atoms with van der Waals surface area (Å²) in [5.74, 6) is -1.42. The van der Waals surface area contributed by atoms with Crippen LogP contribution in [0.2, 0.25) is 0 Å². The van der Waals surface area contributed by atoms with Gasteiger partial charge in [0, 0.05) is 11.6 Å². The van der Waals surface area contributed by atoms with Gasteiger partial charge in [0.25, 0.3) is 0 Å². The Balaban J connectivity index is 1.24. The first-order chi connectivity index (χ1) is 17.0. The molecule has 2 aliphatic rings. The number of ether oxygens (including phenoxy) is 1. The summed E-state index contributed by atoms with van der Waals surface area (Å²) < 4.78 is 5.49. The molecular formula is C28H26N2O5. The highest BCUT2D eigenvalue weighted by molar-refractivity contribution is 5.98. The fourth-order valence-electron chi connectivity index (χ4n) is 4.68. The molecule has 3 N–H and O–H groups in total. The number of anilines is 1. The molecule has 178 valence electrons. The van der Waals surface area contributed by atoms with Gasteiger partial charge in [-0.3, -0.25) is 9.59 Å². The van der Waals surface area contributed by atoms with E-state index in [1.165, 1.54) is 0 Å². The zero-order valence-electron chi connectivity index (χ0n) is 19.1. The van der Waals surface area contributed by atoms with Crippen molar-refractivity contribution in [3.05, 3.63) is 89.5 Å². The third-order valence-corrected chi connectivity index (χ3v) is 6.53. The van der Waals surface area contributed by atoms with Crippen LogP contribution in [0.3, 0.4) is 0 Å². The van der Waals surface area contributed by atoms with Crippen molar-refractivity contribution in [3.8, 4) is 11.1 Å². The average molecular weight is 471 g/mol. The number of alkyl carbamates (subject to hydrolysis) is 1. The van der Waals surface area contributed by atoms with Crippen molar-refractivity contribution in [1.29, 1.82) is 0 Å². The van der Waals surface area contributed by atoms with E-state index < -0.39 is 30.4 Å². The zero-order valence-corrected chi connectivity index (χ0v) is 19.1. The highest BCUT2D eigenvalue weighted by Crippen LogP contribution is 2.44. The number of hydrogen-bond acceptors (Lipinski definition) is 4. The summed E-state index contributed by atoms with van der Waals surface area (Å²) in [5, 5.41) is 14.4. The van der Waals surface area contributed by atoms with Gasteiger partial charge < -0.3 is 20.5 Å². The molecule has 0 heterocycles. The molecule has 1 saturated carbocycles. The highest BCUT2D eigenvalue weighted by atomic mass is 16.5. The van der Waals surface area contributed by atoms with Gasteiger partial charge in [-0.2, -0.15) is 0 Å². The van der Waals surface area contributed by atoms with Crippen molar-refractivity contribution in [2.24, 2.45) is 0 Å². The molecule has 0 bridgehead atoms. The number of carbonyl (C=O) groups excluding carboxylic acids is 2. The molecule has 0 spiro atoms. The summed E-state index contributed by atoms with van der Waals surface area (Å²) in [5.41, 5.74) is 6.06. The second kappa shape index (κ2) is 9.62. The Hall–Kier alpha value is -4.13. The molecule has 0 saturated heterocycles. The van der Waals surface area contributed by atoms with Crippen LogP contribution in [0.5, 0.6) is 0 Å². The molecule has 2 amide bonds. The van der Waals surface area contributed by atoms with E-state index in [9.17, 15) is 19.5 Å². The minimum atomic E-state index is -1.27. The Bertz CT molecular complexity index is 1240. The number of amides is 2. The molecule has 0 aliphatic heterocycles. The second-order valence-electron chi connectivity index (χ2n) is 9.01. The normalized spacial score (nSPS) is 15.0.